The van der Waals surface area contributed by atoms with Crippen LogP contribution in [0.25, 0.3) is 0 Å². The zero-order valence-corrected chi connectivity index (χ0v) is 13.2. The minimum absolute atomic E-state index is 0. The van der Waals surface area contributed by atoms with Gasteiger partial charge in [-0.15, -0.1) is 0 Å². The van der Waals surface area contributed by atoms with Crippen molar-refractivity contribution in [3.05, 3.63) is 12.2 Å². The van der Waals surface area contributed by atoms with E-state index in [2.05, 4.69) is 10.3 Å². The van der Waals surface area contributed by atoms with Crippen LogP contribution in [0, 0.1) is 5.41 Å². The Bertz CT molecular complexity index is 380. The average Bonchev–Trinajstić information content (AvgIpc) is 2.27. The average molecular weight is 260 g/mol. The molecule has 0 aliphatic carbocycles. The fraction of sp³-hybridized carbons (Fsp3) is 0.583. The van der Waals surface area contributed by atoms with Gasteiger partial charge in [-0.3, -0.25) is 10.1 Å². The van der Waals surface area contributed by atoms with Gasteiger partial charge in [-0.2, -0.15) is 0 Å². The number of imide groups is 1. The summed E-state index contributed by atoms with van der Waals surface area (Å²) in [5, 5.41) is 14.0. The van der Waals surface area contributed by atoms with Crippen molar-refractivity contribution in [3.8, 4) is 0 Å². The van der Waals surface area contributed by atoms with Crippen LogP contribution in [0.1, 0.15) is 39.5 Å². The SMILES string of the molecule is C/C=C/CC1(CCCC)C(=O)NC(=O)N=C1[O-].[Na+]. The van der Waals surface area contributed by atoms with Gasteiger partial charge in [0.1, 0.15) is 0 Å². The van der Waals surface area contributed by atoms with Crippen LogP contribution in [0.2, 0.25) is 0 Å². The second-order valence-electron chi connectivity index (χ2n) is 4.14. The summed E-state index contributed by atoms with van der Waals surface area (Å²) in [6.07, 6.45) is 5.90. The van der Waals surface area contributed by atoms with Crippen LogP contribution in [-0.2, 0) is 4.79 Å². The molecule has 0 saturated carbocycles. The van der Waals surface area contributed by atoms with Crippen LogP contribution in [0.15, 0.2) is 17.1 Å². The van der Waals surface area contributed by atoms with Gasteiger partial charge in [0, 0.05) is 0 Å². The Morgan fingerprint density at radius 1 is 1.44 bits per heavy atom. The first-order valence-electron chi connectivity index (χ1n) is 5.79. The van der Waals surface area contributed by atoms with Crippen molar-refractivity contribution in [2.75, 3.05) is 0 Å². The Morgan fingerprint density at radius 2 is 2.11 bits per heavy atom. The molecule has 0 aromatic rings. The minimum Gasteiger partial charge on any atom is -0.861 e. The van der Waals surface area contributed by atoms with E-state index in [0.717, 1.165) is 12.8 Å². The first-order chi connectivity index (χ1) is 8.06. The molecule has 0 aromatic heterocycles. The van der Waals surface area contributed by atoms with Crippen LogP contribution < -0.4 is 40.0 Å². The largest absolute Gasteiger partial charge is 1.00 e. The molecule has 1 N–H and O–H groups in total. The van der Waals surface area contributed by atoms with E-state index in [0.29, 0.717) is 12.8 Å². The van der Waals surface area contributed by atoms with Crippen molar-refractivity contribution in [1.82, 2.24) is 5.32 Å². The zero-order chi connectivity index (χ0) is 12.9. The van der Waals surface area contributed by atoms with Crippen molar-refractivity contribution in [2.45, 2.75) is 39.5 Å². The molecule has 94 valence electrons. The molecule has 0 spiro atoms. The molecule has 1 aliphatic rings. The number of unbranched alkanes of at least 4 members (excludes halogenated alkanes) is 1. The predicted octanol–water partition coefficient (Wildman–Crippen LogP) is -1.86. The van der Waals surface area contributed by atoms with Crippen molar-refractivity contribution in [2.24, 2.45) is 10.4 Å². The Kier molecular flexibility index (Phi) is 7.43. The number of hydrogen-bond donors (Lipinski definition) is 1. The molecule has 1 unspecified atom stereocenters. The monoisotopic (exact) mass is 260 g/mol. The topological polar surface area (TPSA) is 81.6 Å². The molecule has 0 aromatic carbocycles. The number of nitrogens with zero attached hydrogens (tertiary/aromatic N) is 1. The van der Waals surface area contributed by atoms with Gasteiger partial charge in [0.2, 0.25) is 5.91 Å². The number of amides is 3. The van der Waals surface area contributed by atoms with E-state index in [1.165, 1.54) is 0 Å². The standard InChI is InChI=1S/C12H18N2O3.Na/c1-3-5-7-12(8-6-4-2)9(15)13-11(17)14-10(12)16;/h3,5H,4,6-8H2,1-2H3,(H2,13,14,15,16,17);/q;+1/p-1/b5-3+;. The molecule has 1 heterocycles. The number of carbonyl (C=O) groups is 2. The first kappa shape index (κ1) is 17.4. The summed E-state index contributed by atoms with van der Waals surface area (Å²) in [5.41, 5.74) is -1.18. The van der Waals surface area contributed by atoms with E-state index >= 15 is 0 Å². The summed E-state index contributed by atoms with van der Waals surface area (Å²) in [6, 6.07) is -0.854. The van der Waals surface area contributed by atoms with E-state index < -0.39 is 23.3 Å². The zero-order valence-electron chi connectivity index (χ0n) is 11.2. The number of hydrogen-bond acceptors (Lipinski definition) is 3. The fourth-order valence-electron chi connectivity index (χ4n) is 1.84. The van der Waals surface area contributed by atoms with Crippen molar-refractivity contribution in [1.29, 1.82) is 0 Å². The van der Waals surface area contributed by atoms with Gasteiger partial charge in [-0.05, 0) is 25.7 Å². The van der Waals surface area contributed by atoms with Gasteiger partial charge < -0.3 is 5.11 Å². The maximum absolute atomic E-state index is 11.9. The molecule has 1 rings (SSSR count). The van der Waals surface area contributed by atoms with Gasteiger partial charge in [0.25, 0.3) is 0 Å². The molecule has 5 nitrogen and oxygen atoms in total. The number of allylic oxidation sites excluding steroid dienone is 2. The quantitative estimate of drug-likeness (QED) is 0.465. The molecule has 0 saturated heterocycles. The predicted molar refractivity (Wildman–Crippen MR) is 62.4 cm³/mol. The van der Waals surface area contributed by atoms with Gasteiger partial charge in [0.05, 0.1) is 5.41 Å². The summed E-state index contributed by atoms with van der Waals surface area (Å²) in [4.78, 5) is 26.2. The normalized spacial score (nSPS) is 23.6. The molecular weight excluding hydrogens is 243 g/mol. The van der Waals surface area contributed by atoms with Crippen LogP contribution in [0.4, 0.5) is 4.79 Å². The third-order valence-electron chi connectivity index (χ3n) is 2.93. The molecule has 3 amide bonds. The van der Waals surface area contributed by atoms with E-state index in [-0.39, 0.29) is 29.6 Å². The second-order valence-corrected chi connectivity index (χ2v) is 4.14. The Morgan fingerprint density at radius 3 is 2.61 bits per heavy atom. The maximum atomic E-state index is 11.9. The van der Waals surface area contributed by atoms with Gasteiger partial charge in [0.15, 0.2) is 0 Å². The van der Waals surface area contributed by atoms with Crippen LogP contribution in [-0.4, -0.2) is 17.8 Å². The molecule has 0 fully saturated rings. The summed E-state index contributed by atoms with van der Waals surface area (Å²) in [7, 11) is 0. The summed E-state index contributed by atoms with van der Waals surface area (Å²) >= 11 is 0. The maximum Gasteiger partial charge on any atom is 1.00 e. The number of aliphatic imine (C=N–C) groups is 1. The number of urea groups is 1. The van der Waals surface area contributed by atoms with Crippen LogP contribution >= 0.6 is 0 Å². The number of carbonyl (C=O) groups excluding carboxylic acids is 2. The Labute approximate surface area is 129 Å². The summed E-state index contributed by atoms with van der Waals surface area (Å²) in [5.74, 6) is -1.13. The van der Waals surface area contributed by atoms with Gasteiger partial charge in [-0.25, -0.2) is 9.79 Å². The van der Waals surface area contributed by atoms with Crippen molar-refractivity contribution in [3.63, 3.8) is 0 Å². The van der Waals surface area contributed by atoms with Gasteiger partial charge in [-0.1, -0.05) is 31.9 Å². The molecule has 0 radical (unpaired) electrons. The number of nitrogens with one attached hydrogen (secondary N) is 1. The number of rotatable bonds is 5. The molecular formula is C12H17N2NaO3. The molecule has 18 heavy (non-hydrogen) atoms. The molecule has 0 bridgehead atoms. The molecule has 1 aliphatic heterocycles. The van der Waals surface area contributed by atoms with E-state index in [9.17, 15) is 14.7 Å². The Balaban J connectivity index is 0.00000289. The third-order valence-corrected chi connectivity index (χ3v) is 2.93. The first-order valence-corrected chi connectivity index (χ1v) is 5.79. The van der Waals surface area contributed by atoms with Gasteiger partial charge >= 0.3 is 35.6 Å². The van der Waals surface area contributed by atoms with Crippen LogP contribution in [0.5, 0.6) is 0 Å². The van der Waals surface area contributed by atoms with Crippen LogP contribution in [0.3, 0.4) is 0 Å². The minimum atomic E-state index is -1.18. The second kappa shape index (κ2) is 7.71. The van der Waals surface area contributed by atoms with Crippen molar-refractivity contribution >= 4 is 17.8 Å². The van der Waals surface area contributed by atoms with E-state index in [1.807, 2.05) is 13.8 Å². The summed E-state index contributed by atoms with van der Waals surface area (Å²) < 4.78 is 0. The summed E-state index contributed by atoms with van der Waals surface area (Å²) in [6.45, 7) is 3.80. The molecule has 6 heteroatoms. The fourth-order valence-corrected chi connectivity index (χ4v) is 1.84. The smallest absolute Gasteiger partial charge is 0.861 e. The Hall–Kier alpha value is -0.650. The van der Waals surface area contributed by atoms with E-state index in [1.54, 1.807) is 12.2 Å². The van der Waals surface area contributed by atoms with Crippen molar-refractivity contribution < 1.29 is 44.3 Å². The van der Waals surface area contributed by atoms with E-state index in [4.69, 9.17) is 0 Å². The molecule has 1 atom stereocenters. The third kappa shape index (κ3) is 3.67.